The summed E-state index contributed by atoms with van der Waals surface area (Å²) in [6.07, 6.45) is 1.17. The Bertz CT molecular complexity index is 1730. The molecule has 0 radical (unpaired) electrons. The summed E-state index contributed by atoms with van der Waals surface area (Å²) in [4.78, 5) is 41.2. The highest BCUT2D eigenvalue weighted by Crippen LogP contribution is 2.27. The van der Waals surface area contributed by atoms with Crippen molar-refractivity contribution in [2.24, 2.45) is 0 Å². The van der Waals surface area contributed by atoms with E-state index in [4.69, 9.17) is 23.2 Å². The number of rotatable bonds is 9. The van der Waals surface area contributed by atoms with Crippen molar-refractivity contribution in [2.75, 3.05) is 10.6 Å². The van der Waals surface area contributed by atoms with Gasteiger partial charge in [0.05, 0.1) is 26.2 Å². The number of nitrogens with one attached hydrogen (secondary N) is 3. The monoisotopic (exact) mass is 626 g/mol. The number of hydrogen-bond acceptors (Lipinski definition) is 6. The summed E-state index contributed by atoms with van der Waals surface area (Å²) < 4.78 is 26.3. The highest BCUT2D eigenvalue weighted by molar-refractivity contribution is 7.91. The van der Waals surface area contributed by atoms with Gasteiger partial charge < -0.3 is 21.1 Å². The molecule has 10 nitrogen and oxygen atoms in total. The van der Waals surface area contributed by atoms with Gasteiger partial charge in [-0.2, -0.15) is 0 Å². The topological polar surface area (TPSA) is 155 Å². The predicted molar refractivity (Wildman–Crippen MR) is 159 cm³/mol. The van der Waals surface area contributed by atoms with Gasteiger partial charge in [0.2, 0.25) is 9.84 Å². The van der Waals surface area contributed by atoms with Crippen molar-refractivity contribution >= 4 is 62.3 Å². The summed E-state index contributed by atoms with van der Waals surface area (Å²) in [5, 5.41) is 17.1. The molecule has 13 heteroatoms. The van der Waals surface area contributed by atoms with Gasteiger partial charge in [-0.05, 0) is 61.0 Å². The summed E-state index contributed by atoms with van der Waals surface area (Å²) in [5.41, 5.74) is 1.83. The summed E-state index contributed by atoms with van der Waals surface area (Å²) >= 11 is 12.2. The fourth-order valence-corrected chi connectivity index (χ4v) is 5.81. The average Bonchev–Trinajstić information content (AvgIpc) is 2.94. The van der Waals surface area contributed by atoms with Gasteiger partial charge >= 0.3 is 12.0 Å². The largest absolute Gasteiger partial charge is 0.480 e. The number of anilines is 2. The lowest BCUT2D eigenvalue weighted by molar-refractivity contribution is -0.139. The Morgan fingerprint density at radius 2 is 1.52 bits per heavy atom. The van der Waals surface area contributed by atoms with Gasteiger partial charge in [-0.25, -0.2) is 23.0 Å². The molecule has 1 unspecified atom stereocenters. The number of aliphatic carboxylic acids is 1. The van der Waals surface area contributed by atoms with Gasteiger partial charge in [-0.15, -0.1) is 0 Å². The summed E-state index contributed by atoms with van der Waals surface area (Å²) in [6.45, 7) is 1.82. The number of aryl methyl sites for hydroxylation is 1. The third kappa shape index (κ3) is 7.24. The Morgan fingerprint density at radius 1 is 0.881 bits per heavy atom. The first-order chi connectivity index (χ1) is 20.0. The number of halogens is 2. The van der Waals surface area contributed by atoms with E-state index in [0.717, 1.165) is 5.56 Å². The van der Waals surface area contributed by atoms with Crippen LogP contribution in [0.5, 0.6) is 0 Å². The Morgan fingerprint density at radius 3 is 2.14 bits per heavy atom. The zero-order valence-electron chi connectivity index (χ0n) is 22.0. The molecule has 4 N–H and O–H groups in total. The maximum absolute atomic E-state index is 13.2. The number of carboxylic acid groups (broad SMARTS) is 1. The maximum atomic E-state index is 13.2. The van der Waals surface area contributed by atoms with Crippen molar-refractivity contribution in [3.8, 4) is 0 Å². The number of carbonyl (C=O) groups is 3. The standard InChI is InChI=1S/C29H24Cl2N4O6S/c1-17-7-13-20(14-8-17)42(40,41)27-23(6-3-15-32-27)34-29(39)35-24(28(37)38)16-18-9-11-19(12-10-18)33-26(36)25-21(30)4-2-5-22(25)31/h2-15,24H,16H2,1H3,(H,33,36)(H,37,38)(H2,34,35,39). The summed E-state index contributed by atoms with van der Waals surface area (Å²) in [5.74, 6) is -1.83. The SMILES string of the molecule is Cc1ccc(S(=O)(=O)c2ncccc2NC(=O)NC(Cc2ccc(NC(=O)c3c(Cl)cccc3Cl)cc2)C(=O)O)cc1. The minimum absolute atomic E-state index is 0.00623. The van der Waals surface area contributed by atoms with Crippen LogP contribution < -0.4 is 16.0 Å². The highest BCUT2D eigenvalue weighted by Gasteiger charge is 2.26. The van der Waals surface area contributed by atoms with Crippen LogP contribution in [0.3, 0.4) is 0 Å². The Balaban J connectivity index is 1.43. The molecule has 3 amide bonds. The number of sulfone groups is 1. The molecule has 0 saturated carbocycles. The van der Waals surface area contributed by atoms with E-state index in [1.165, 1.54) is 30.5 Å². The zero-order chi connectivity index (χ0) is 30.4. The van der Waals surface area contributed by atoms with Crippen LogP contribution in [0.25, 0.3) is 0 Å². The molecule has 0 aliphatic rings. The third-order valence-corrected chi connectivity index (χ3v) is 8.41. The van der Waals surface area contributed by atoms with E-state index in [0.29, 0.717) is 11.3 Å². The van der Waals surface area contributed by atoms with E-state index in [2.05, 4.69) is 20.9 Å². The number of amides is 3. The molecule has 1 heterocycles. The number of aromatic nitrogens is 1. The molecule has 1 aromatic heterocycles. The van der Waals surface area contributed by atoms with Crippen molar-refractivity contribution in [3.05, 3.63) is 112 Å². The first-order valence-corrected chi connectivity index (χ1v) is 14.6. The Hall–Kier alpha value is -4.45. The van der Waals surface area contributed by atoms with E-state index >= 15 is 0 Å². The fraction of sp³-hybridized carbons (Fsp3) is 0.103. The van der Waals surface area contributed by atoms with Gasteiger partial charge in [0.1, 0.15) is 6.04 Å². The van der Waals surface area contributed by atoms with Crippen molar-refractivity contribution < 1.29 is 27.9 Å². The molecule has 216 valence electrons. The number of carbonyl (C=O) groups excluding carboxylic acids is 2. The van der Waals surface area contributed by atoms with E-state index in [-0.39, 0.29) is 37.6 Å². The summed E-state index contributed by atoms with van der Waals surface area (Å²) in [7, 11) is -4.08. The highest BCUT2D eigenvalue weighted by atomic mass is 35.5. The van der Waals surface area contributed by atoms with E-state index < -0.39 is 33.8 Å². The molecule has 0 aliphatic carbocycles. The number of carboxylic acids is 1. The van der Waals surface area contributed by atoms with Gasteiger partial charge in [-0.3, -0.25) is 4.79 Å². The maximum Gasteiger partial charge on any atom is 0.326 e. The van der Waals surface area contributed by atoms with E-state index in [1.807, 2.05) is 6.92 Å². The quantitative estimate of drug-likeness (QED) is 0.188. The van der Waals surface area contributed by atoms with E-state index in [1.54, 1.807) is 54.6 Å². The predicted octanol–water partition coefficient (Wildman–Crippen LogP) is 5.60. The molecule has 4 aromatic rings. The minimum atomic E-state index is -4.08. The molecular formula is C29H24Cl2N4O6S. The van der Waals surface area contributed by atoms with Crippen LogP contribution in [0.15, 0.2) is 95.0 Å². The Labute approximate surface area is 251 Å². The van der Waals surface area contributed by atoms with Gasteiger partial charge in [0, 0.05) is 18.3 Å². The molecule has 0 fully saturated rings. The van der Waals surface area contributed by atoms with Gasteiger partial charge in [0.15, 0.2) is 5.03 Å². The first kappa shape index (κ1) is 30.5. The molecule has 4 rings (SSSR count). The molecule has 42 heavy (non-hydrogen) atoms. The molecule has 0 spiro atoms. The smallest absolute Gasteiger partial charge is 0.326 e. The average molecular weight is 628 g/mol. The molecule has 0 aliphatic heterocycles. The van der Waals surface area contributed by atoms with Crippen LogP contribution in [0, 0.1) is 6.92 Å². The van der Waals surface area contributed by atoms with Gasteiger partial charge in [-0.1, -0.05) is 59.1 Å². The second kappa shape index (κ2) is 13.0. The first-order valence-electron chi connectivity index (χ1n) is 12.4. The van der Waals surface area contributed by atoms with Crippen molar-refractivity contribution in [1.29, 1.82) is 0 Å². The number of nitrogens with zero attached hydrogens (tertiary/aromatic N) is 1. The lowest BCUT2D eigenvalue weighted by atomic mass is 10.1. The number of urea groups is 1. The van der Waals surface area contributed by atoms with Crippen LogP contribution in [-0.4, -0.2) is 42.5 Å². The minimum Gasteiger partial charge on any atom is -0.480 e. The van der Waals surface area contributed by atoms with Crippen LogP contribution in [0.1, 0.15) is 21.5 Å². The lowest BCUT2D eigenvalue weighted by Crippen LogP contribution is -2.44. The normalized spacial score (nSPS) is 11.8. The third-order valence-electron chi connectivity index (χ3n) is 6.05. The lowest BCUT2D eigenvalue weighted by Gasteiger charge is -2.17. The second-order valence-corrected chi connectivity index (χ2v) is 11.8. The van der Waals surface area contributed by atoms with Crippen LogP contribution in [0.4, 0.5) is 16.2 Å². The fourth-order valence-electron chi connectivity index (χ4n) is 3.91. The molecule has 0 bridgehead atoms. The number of hydrogen-bond donors (Lipinski definition) is 4. The summed E-state index contributed by atoms with van der Waals surface area (Å²) in [6, 6.07) is 17.7. The van der Waals surface area contributed by atoms with Gasteiger partial charge in [0.25, 0.3) is 5.91 Å². The molecule has 0 saturated heterocycles. The van der Waals surface area contributed by atoms with Crippen LogP contribution in [0.2, 0.25) is 10.0 Å². The van der Waals surface area contributed by atoms with Crippen molar-refractivity contribution in [2.45, 2.75) is 29.3 Å². The molecular weight excluding hydrogens is 603 g/mol. The Kier molecular flexibility index (Phi) is 9.46. The zero-order valence-corrected chi connectivity index (χ0v) is 24.3. The number of pyridine rings is 1. The van der Waals surface area contributed by atoms with Crippen LogP contribution >= 0.6 is 23.2 Å². The van der Waals surface area contributed by atoms with Crippen molar-refractivity contribution in [3.63, 3.8) is 0 Å². The van der Waals surface area contributed by atoms with Crippen LogP contribution in [-0.2, 0) is 21.1 Å². The molecule has 1 atom stereocenters. The number of benzene rings is 3. The second-order valence-electron chi connectivity index (χ2n) is 9.11. The van der Waals surface area contributed by atoms with E-state index in [9.17, 15) is 27.9 Å². The van der Waals surface area contributed by atoms with Crippen molar-refractivity contribution in [1.82, 2.24) is 10.3 Å². The molecule has 3 aromatic carbocycles.